The fourth-order valence-corrected chi connectivity index (χ4v) is 3.92. The molecule has 0 unspecified atom stereocenters. The minimum absolute atomic E-state index is 0.0651. The van der Waals surface area contributed by atoms with Crippen molar-refractivity contribution in [3.05, 3.63) is 68.5 Å². The summed E-state index contributed by atoms with van der Waals surface area (Å²) >= 11 is 6.50. The molecule has 0 aliphatic carbocycles. The van der Waals surface area contributed by atoms with Crippen molar-refractivity contribution in [3.8, 4) is 0 Å². The molecule has 1 aliphatic heterocycles. The van der Waals surface area contributed by atoms with Crippen LogP contribution in [0.3, 0.4) is 0 Å². The highest BCUT2D eigenvalue weighted by atomic mass is 35.5. The largest absolute Gasteiger partial charge is 0.381 e. The van der Waals surface area contributed by atoms with Gasteiger partial charge in [-0.3, -0.25) is 4.79 Å². The molecular weight excluding hydrogens is 374 g/mol. The number of pyridine rings is 1. The van der Waals surface area contributed by atoms with Crippen LogP contribution in [-0.4, -0.2) is 31.3 Å². The molecule has 146 valence electrons. The third-order valence-electron chi connectivity index (χ3n) is 5.30. The zero-order chi connectivity index (χ0) is 19.7. The zero-order valence-corrected chi connectivity index (χ0v) is 16.9. The Balaban J connectivity index is 1.54. The third kappa shape index (κ3) is 3.73. The Bertz CT molecular complexity index is 1070. The highest BCUT2D eigenvalue weighted by Gasteiger charge is 2.14. The van der Waals surface area contributed by atoms with E-state index in [1.807, 2.05) is 37.3 Å². The first kappa shape index (κ1) is 18.8. The Kier molecular flexibility index (Phi) is 5.29. The number of hydrogen-bond acceptors (Lipinski definition) is 4. The number of nitrogens with one attached hydrogen (secondary N) is 2. The molecule has 1 aromatic heterocycles. The van der Waals surface area contributed by atoms with Gasteiger partial charge in [-0.1, -0.05) is 23.7 Å². The van der Waals surface area contributed by atoms with Crippen LogP contribution in [-0.2, 0) is 11.3 Å². The molecular formula is C22H24ClN3O2. The van der Waals surface area contributed by atoms with Gasteiger partial charge < -0.3 is 19.9 Å². The van der Waals surface area contributed by atoms with Crippen molar-refractivity contribution >= 4 is 33.9 Å². The van der Waals surface area contributed by atoms with Crippen LogP contribution in [0.2, 0.25) is 5.02 Å². The SMILES string of the molecule is Cc1ccc(C)c2[nH]c(=O)c(CNc3ccc(N4CCOCC4)c(Cl)c3)cc12. The number of morpholine rings is 1. The standard InChI is InChI=1S/C22H24ClN3O2/c1-14-3-4-15(2)21-18(14)11-16(22(27)25-21)13-24-17-5-6-20(19(23)12-17)26-7-9-28-10-8-26/h3-6,11-12,24H,7-10,13H2,1-2H3,(H,25,27). The summed E-state index contributed by atoms with van der Waals surface area (Å²) in [7, 11) is 0. The zero-order valence-electron chi connectivity index (χ0n) is 16.1. The second kappa shape index (κ2) is 7.86. The number of H-pyrrole nitrogens is 1. The number of benzene rings is 2. The third-order valence-corrected chi connectivity index (χ3v) is 5.61. The first-order chi connectivity index (χ1) is 13.5. The van der Waals surface area contributed by atoms with Gasteiger partial charge in [0.15, 0.2) is 0 Å². The van der Waals surface area contributed by atoms with Crippen LogP contribution in [0.5, 0.6) is 0 Å². The number of anilines is 2. The Hall–Kier alpha value is -2.50. The van der Waals surface area contributed by atoms with Gasteiger partial charge >= 0.3 is 0 Å². The van der Waals surface area contributed by atoms with Crippen molar-refractivity contribution in [2.75, 3.05) is 36.5 Å². The molecule has 2 heterocycles. The van der Waals surface area contributed by atoms with Gasteiger partial charge in [0.05, 0.1) is 29.4 Å². The summed E-state index contributed by atoms with van der Waals surface area (Å²) in [5.41, 5.74) is 5.68. The predicted molar refractivity (Wildman–Crippen MR) is 116 cm³/mol. The lowest BCUT2D eigenvalue weighted by Gasteiger charge is -2.29. The number of fused-ring (bicyclic) bond motifs is 1. The smallest absolute Gasteiger partial charge is 0.253 e. The minimum atomic E-state index is -0.0651. The number of hydrogen-bond donors (Lipinski definition) is 2. The molecule has 1 aliphatic rings. The van der Waals surface area contributed by atoms with E-state index in [1.54, 1.807) is 0 Å². The number of rotatable bonds is 4. The summed E-state index contributed by atoms with van der Waals surface area (Å²) in [5.74, 6) is 0. The Morgan fingerprint density at radius 3 is 2.61 bits per heavy atom. The van der Waals surface area contributed by atoms with Crippen LogP contribution in [0.25, 0.3) is 10.9 Å². The Morgan fingerprint density at radius 2 is 1.86 bits per heavy atom. The first-order valence-corrected chi connectivity index (χ1v) is 9.89. The fourth-order valence-electron chi connectivity index (χ4n) is 3.62. The predicted octanol–water partition coefficient (Wildman–Crippen LogP) is 4.25. The van der Waals surface area contributed by atoms with Crippen molar-refractivity contribution in [3.63, 3.8) is 0 Å². The molecule has 6 heteroatoms. The van der Waals surface area contributed by atoms with Crippen molar-refractivity contribution in [1.82, 2.24) is 4.98 Å². The van der Waals surface area contributed by atoms with E-state index >= 15 is 0 Å². The molecule has 2 N–H and O–H groups in total. The lowest BCUT2D eigenvalue weighted by Crippen LogP contribution is -2.36. The number of aromatic amines is 1. The van der Waals surface area contributed by atoms with Gasteiger partial charge in [-0.2, -0.15) is 0 Å². The second-order valence-corrected chi connectivity index (χ2v) is 7.64. The first-order valence-electron chi connectivity index (χ1n) is 9.51. The van der Waals surface area contributed by atoms with Gasteiger partial charge in [-0.05, 0) is 49.2 Å². The average Bonchev–Trinajstić information content (AvgIpc) is 2.70. The van der Waals surface area contributed by atoms with Gasteiger partial charge in [-0.25, -0.2) is 0 Å². The van der Waals surface area contributed by atoms with Gasteiger partial charge in [-0.15, -0.1) is 0 Å². The Labute approximate surface area is 169 Å². The average molecular weight is 398 g/mol. The summed E-state index contributed by atoms with van der Waals surface area (Å²) in [5, 5.41) is 5.10. The second-order valence-electron chi connectivity index (χ2n) is 7.23. The van der Waals surface area contributed by atoms with E-state index in [0.717, 1.165) is 59.7 Å². The highest BCUT2D eigenvalue weighted by Crippen LogP contribution is 2.29. The number of halogens is 1. The topological polar surface area (TPSA) is 57.4 Å². The summed E-state index contributed by atoms with van der Waals surface area (Å²) in [6.07, 6.45) is 0. The molecule has 0 bridgehead atoms. The Morgan fingerprint density at radius 1 is 1.11 bits per heavy atom. The molecule has 0 amide bonds. The molecule has 0 radical (unpaired) electrons. The maximum Gasteiger partial charge on any atom is 0.253 e. The molecule has 3 aromatic rings. The summed E-state index contributed by atoms with van der Waals surface area (Å²) in [6, 6.07) is 12.0. The summed E-state index contributed by atoms with van der Waals surface area (Å²) in [4.78, 5) is 17.8. The van der Waals surface area contributed by atoms with Crippen LogP contribution in [0.15, 0.2) is 41.2 Å². The quantitative estimate of drug-likeness (QED) is 0.691. The van der Waals surface area contributed by atoms with Crippen molar-refractivity contribution < 1.29 is 4.74 Å². The number of nitrogens with zero attached hydrogens (tertiary/aromatic N) is 1. The van der Waals surface area contributed by atoms with Crippen molar-refractivity contribution in [1.29, 1.82) is 0 Å². The minimum Gasteiger partial charge on any atom is -0.381 e. The van der Waals surface area contributed by atoms with Crippen LogP contribution in [0.1, 0.15) is 16.7 Å². The maximum absolute atomic E-state index is 12.5. The van der Waals surface area contributed by atoms with Crippen LogP contribution in [0, 0.1) is 13.8 Å². The molecule has 2 aromatic carbocycles. The summed E-state index contributed by atoms with van der Waals surface area (Å²) in [6.45, 7) is 7.64. The van der Waals surface area contributed by atoms with Crippen LogP contribution >= 0.6 is 11.6 Å². The molecule has 0 spiro atoms. The van der Waals surface area contributed by atoms with Gasteiger partial charge in [0.2, 0.25) is 0 Å². The number of aryl methyl sites for hydroxylation is 2. The monoisotopic (exact) mass is 397 g/mol. The highest BCUT2D eigenvalue weighted by molar-refractivity contribution is 6.33. The maximum atomic E-state index is 12.5. The molecule has 1 fully saturated rings. The van der Waals surface area contributed by atoms with Gasteiger partial charge in [0, 0.05) is 36.3 Å². The fraction of sp³-hybridized carbons (Fsp3) is 0.318. The molecule has 1 saturated heterocycles. The van der Waals surface area contributed by atoms with Gasteiger partial charge in [0.25, 0.3) is 5.56 Å². The van der Waals surface area contributed by atoms with Crippen molar-refractivity contribution in [2.45, 2.75) is 20.4 Å². The molecule has 0 atom stereocenters. The van der Waals surface area contributed by atoms with E-state index in [4.69, 9.17) is 16.3 Å². The van der Waals surface area contributed by atoms with Gasteiger partial charge in [0.1, 0.15) is 0 Å². The van der Waals surface area contributed by atoms with E-state index in [1.165, 1.54) is 0 Å². The lowest BCUT2D eigenvalue weighted by molar-refractivity contribution is 0.122. The molecule has 4 rings (SSSR count). The number of ether oxygens (including phenoxy) is 1. The van der Waals surface area contributed by atoms with Crippen LogP contribution < -0.4 is 15.8 Å². The van der Waals surface area contributed by atoms with Crippen molar-refractivity contribution in [2.24, 2.45) is 0 Å². The number of aromatic nitrogens is 1. The van der Waals surface area contributed by atoms with E-state index in [9.17, 15) is 4.79 Å². The van der Waals surface area contributed by atoms with E-state index in [2.05, 4.69) is 28.2 Å². The molecule has 0 saturated carbocycles. The van der Waals surface area contributed by atoms with E-state index < -0.39 is 0 Å². The van der Waals surface area contributed by atoms with Crippen LogP contribution in [0.4, 0.5) is 11.4 Å². The molecule has 28 heavy (non-hydrogen) atoms. The normalized spacial score (nSPS) is 14.5. The lowest BCUT2D eigenvalue weighted by atomic mass is 10.0. The van der Waals surface area contributed by atoms with E-state index in [0.29, 0.717) is 17.1 Å². The molecule has 5 nitrogen and oxygen atoms in total. The van der Waals surface area contributed by atoms with E-state index in [-0.39, 0.29) is 5.56 Å². The summed E-state index contributed by atoms with van der Waals surface area (Å²) < 4.78 is 5.40.